The van der Waals surface area contributed by atoms with Crippen molar-refractivity contribution >= 4 is 17.6 Å². The van der Waals surface area contributed by atoms with E-state index in [1.165, 1.54) is 17.3 Å². The van der Waals surface area contributed by atoms with E-state index in [1.807, 2.05) is 0 Å². The molecule has 8 heteroatoms. The number of hydrogen-bond donors (Lipinski definition) is 3. The van der Waals surface area contributed by atoms with Crippen molar-refractivity contribution in [1.29, 1.82) is 0 Å². The number of hydrogen-bond acceptors (Lipinski definition) is 5. The average molecular weight is 289 g/mol. The van der Waals surface area contributed by atoms with Gasteiger partial charge in [-0.25, -0.2) is 9.67 Å². The van der Waals surface area contributed by atoms with E-state index in [4.69, 9.17) is 10.8 Å². The number of nitrogens with zero attached hydrogens (tertiary/aromatic N) is 3. The number of carboxylic acids is 1. The first-order valence-electron chi connectivity index (χ1n) is 6.30. The number of para-hydroxylation sites is 2. The predicted molar refractivity (Wildman–Crippen MR) is 74.8 cm³/mol. The van der Waals surface area contributed by atoms with Crippen LogP contribution in [0, 0.1) is 0 Å². The van der Waals surface area contributed by atoms with E-state index in [-0.39, 0.29) is 12.8 Å². The van der Waals surface area contributed by atoms with Gasteiger partial charge in [-0.3, -0.25) is 9.59 Å². The van der Waals surface area contributed by atoms with Gasteiger partial charge in [0.1, 0.15) is 12.7 Å². The van der Waals surface area contributed by atoms with Crippen molar-refractivity contribution in [2.75, 3.05) is 5.32 Å². The Morgan fingerprint density at radius 1 is 1.38 bits per heavy atom. The molecule has 1 amide bonds. The summed E-state index contributed by atoms with van der Waals surface area (Å²) in [6.45, 7) is 0. The maximum Gasteiger partial charge on any atom is 0.303 e. The van der Waals surface area contributed by atoms with Crippen LogP contribution in [0.25, 0.3) is 5.69 Å². The third-order valence-corrected chi connectivity index (χ3v) is 2.83. The van der Waals surface area contributed by atoms with Gasteiger partial charge in [-0.05, 0) is 18.6 Å². The molecule has 4 N–H and O–H groups in total. The van der Waals surface area contributed by atoms with Gasteiger partial charge in [0.05, 0.1) is 17.4 Å². The van der Waals surface area contributed by atoms with E-state index in [2.05, 4.69) is 15.4 Å². The lowest BCUT2D eigenvalue weighted by Gasteiger charge is -2.14. The lowest BCUT2D eigenvalue weighted by Crippen LogP contribution is -2.36. The summed E-state index contributed by atoms with van der Waals surface area (Å²) in [5.74, 6) is -1.43. The van der Waals surface area contributed by atoms with Gasteiger partial charge in [-0.15, -0.1) is 0 Å². The predicted octanol–water partition coefficient (Wildman–Crippen LogP) is 0.398. The zero-order chi connectivity index (χ0) is 15.2. The fourth-order valence-electron chi connectivity index (χ4n) is 1.75. The average Bonchev–Trinajstić information content (AvgIpc) is 2.99. The second-order valence-electron chi connectivity index (χ2n) is 4.39. The number of benzene rings is 1. The fourth-order valence-corrected chi connectivity index (χ4v) is 1.75. The highest BCUT2D eigenvalue weighted by Gasteiger charge is 2.16. The molecule has 1 heterocycles. The number of nitrogens with two attached hydrogens (primary N) is 1. The fraction of sp³-hybridized carbons (Fsp3) is 0.231. The van der Waals surface area contributed by atoms with Gasteiger partial charge in [-0.1, -0.05) is 12.1 Å². The second kappa shape index (κ2) is 6.62. The van der Waals surface area contributed by atoms with Crippen molar-refractivity contribution in [2.45, 2.75) is 18.9 Å². The zero-order valence-electron chi connectivity index (χ0n) is 11.1. The molecule has 0 bridgehead atoms. The molecule has 0 aliphatic carbocycles. The summed E-state index contributed by atoms with van der Waals surface area (Å²) in [6, 6.07) is 6.16. The number of anilines is 1. The molecule has 2 aromatic rings. The van der Waals surface area contributed by atoms with Crippen LogP contribution < -0.4 is 11.1 Å². The Morgan fingerprint density at radius 3 is 2.81 bits per heavy atom. The Labute approximate surface area is 120 Å². The molecule has 0 radical (unpaired) electrons. The van der Waals surface area contributed by atoms with Crippen molar-refractivity contribution in [1.82, 2.24) is 14.8 Å². The number of carboxylic acid groups (broad SMARTS) is 1. The van der Waals surface area contributed by atoms with Crippen LogP contribution in [0.1, 0.15) is 12.8 Å². The highest BCUT2D eigenvalue weighted by Crippen LogP contribution is 2.18. The number of aromatic nitrogens is 3. The minimum Gasteiger partial charge on any atom is -0.481 e. The Bertz CT molecular complexity index is 626. The Kier molecular flexibility index (Phi) is 4.62. The summed E-state index contributed by atoms with van der Waals surface area (Å²) in [4.78, 5) is 26.3. The quantitative estimate of drug-likeness (QED) is 0.707. The van der Waals surface area contributed by atoms with Gasteiger partial charge in [0.2, 0.25) is 5.91 Å². The SMILES string of the molecule is NC(CCC(=O)O)C(=O)Nc1ccccc1-n1cncn1. The monoisotopic (exact) mass is 289 g/mol. The molecule has 8 nitrogen and oxygen atoms in total. The maximum atomic E-state index is 12.0. The van der Waals surface area contributed by atoms with E-state index >= 15 is 0 Å². The third-order valence-electron chi connectivity index (χ3n) is 2.83. The number of rotatable bonds is 6. The van der Waals surface area contributed by atoms with E-state index < -0.39 is 17.9 Å². The second-order valence-corrected chi connectivity index (χ2v) is 4.39. The number of nitrogens with one attached hydrogen (secondary N) is 1. The molecule has 0 fully saturated rings. The molecule has 1 aromatic heterocycles. The lowest BCUT2D eigenvalue weighted by atomic mass is 10.1. The maximum absolute atomic E-state index is 12.0. The van der Waals surface area contributed by atoms with Crippen LogP contribution in [0.2, 0.25) is 0 Å². The smallest absolute Gasteiger partial charge is 0.303 e. The highest BCUT2D eigenvalue weighted by molar-refractivity contribution is 5.96. The van der Waals surface area contributed by atoms with E-state index in [0.29, 0.717) is 11.4 Å². The summed E-state index contributed by atoms with van der Waals surface area (Å²) in [5.41, 5.74) is 6.85. The standard InChI is InChI=1S/C13H15N5O3/c14-9(5-6-12(19)20)13(21)17-10-3-1-2-4-11(10)18-8-15-7-16-18/h1-4,7-9H,5-6,14H2,(H,17,21)(H,19,20). The molecule has 1 atom stereocenters. The van der Waals surface area contributed by atoms with Crippen molar-refractivity contribution in [3.8, 4) is 5.69 Å². The van der Waals surface area contributed by atoms with Gasteiger partial charge in [0.15, 0.2) is 0 Å². The van der Waals surface area contributed by atoms with Crippen LogP contribution in [0.4, 0.5) is 5.69 Å². The molecule has 0 spiro atoms. The van der Waals surface area contributed by atoms with Crippen molar-refractivity contribution < 1.29 is 14.7 Å². The molecular weight excluding hydrogens is 274 g/mol. The summed E-state index contributed by atoms with van der Waals surface area (Å²) in [7, 11) is 0. The van der Waals surface area contributed by atoms with Gasteiger partial charge in [-0.2, -0.15) is 5.10 Å². The summed E-state index contributed by atoms with van der Waals surface area (Å²) in [6.07, 6.45) is 2.82. The molecule has 1 aromatic carbocycles. The Morgan fingerprint density at radius 2 is 2.14 bits per heavy atom. The van der Waals surface area contributed by atoms with Crippen LogP contribution in [0.15, 0.2) is 36.9 Å². The number of amides is 1. The molecule has 21 heavy (non-hydrogen) atoms. The molecular formula is C13H15N5O3. The summed E-state index contributed by atoms with van der Waals surface area (Å²) < 4.78 is 1.51. The normalized spacial score (nSPS) is 11.9. The first-order chi connectivity index (χ1) is 10.1. The van der Waals surface area contributed by atoms with E-state index in [9.17, 15) is 9.59 Å². The molecule has 0 saturated heterocycles. The molecule has 0 aliphatic rings. The topological polar surface area (TPSA) is 123 Å². The van der Waals surface area contributed by atoms with Gasteiger partial charge in [0, 0.05) is 6.42 Å². The van der Waals surface area contributed by atoms with Crippen molar-refractivity contribution in [2.24, 2.45) is 5.73 Å². The minimum atomic E-state index is -0.985. The molecule has 1 unspecified atom stereocenters. The Hall–Kier alpha value is -2.74. The van der Waals surface area contributed by atoms with Crippen LogP contribution in [0.5, 0.6) is 0 Å². The van der Waals surface area contributed by atoms with Crippen LogP contribution in [-0.4, -0.2) is 37.8 Å². The highest BCUT2D eigenvalue weighted by atomic mass is 16.4. The molecule has 0 aliphatic heterocycles. The van der Waals surface area contributed by atoms with Gasteiger partial charge >= 0.3 is 5.97 Å². The van der Waals surface area contributed by atoms with Gasteiger partial charge in [0.25, 0.3) is 0 Å². The number of carbonyl (C=O) groups is 2. The van der Waals surface area contributed by atoms with Crippen LogP contribution in [0.3, 0.4) is 0 Å². The minimum absolute atomic E-state index is 0.0761. The zero-order valence-corrected chi connectivity index (χ0v) is 11.1. The van der Waals surface area contributed by atoms with Crippen LogP contribution >= 0.6 is 0 Å². The van der Waals surface area contributed by atoms with E-state index in [1.54, 1.807) is 24.3 Å². The van der Waals surface area contributed by atoms with Crippen molar-refractivity contribution in [3.63, 3.8) is 0 Å². The molecule has 110 valence electrons. The first-order valence-corrected chi connectivity index (χ1v) is 6.30. The van der Waals surface area contributed by atoms with Crippen molar-refractivity contribution in [3.05, 3.63) is 36.9 Å². The summed E-state index contributed by atoms with van der Waals surface area (Å²) >= 11 is 0. The number of aliphatic carboxylic acids is 1. The third kappa shape index (κ3) is 3.86. The lowest BCUT2D eigenvalue weighted by molar-refractivity contribution is -0.137. The van der Waals surface area contributed by atoms with Crippen LogP contribution in [-0.2, 0) is 9.59 Å². The van der Waals surface area contributed by atoms with Gasteiger partial charge < -0.3 is 16.2 Å². The largest absolute Gasteiger partial charge is 0.481 e. The van der Waals surface area contributed by atoms with E-state index in [0.717, 1.165) is 0 Å². The summed E-state index contributed by atoms with van der Waals surface area (Å²) in [5, 5.41) is 15.3. The number of carbonyl (C=O) groups excluding carboxylic acids is 1. The Balaban J connectivity index is 2.09. The first kappa shape index (κ1) is 14.7. The molecule has 0 saturated carbocycles. The molecule has 2 rings (SSSR count).